The van der Waals surface area contributed by atoms with E-state index in [-0.39, 0.29) is 0 Å². The maximum Gasteiger partial charge on any atom is 0.0713 e. The molecule has 20 heavy (non-hydrogen) atoms. The third-order valence-corrected chi connectivity index (χ3v) is 4.13. The van der Waals surface area contributed by atoms with Gasteiger partial charge in [-0.3, -0.25) is 4.90 Å². The lowest BCUT2D eigenvalue weighted by Gasteiger charge is -2.35. The van der Waals surface area contributed by atoms with Crippen molar-refractivity contribution in [3.63, 3.8) is 0 Å². The molecule has 2 rings (SSSR count). The summed E-state index contributed by atoms with van der Waals surface area (Å²) in [5, 5.41) is 0. The summed E-state index contributed by atoms with van der Waals surface area (Å²) in [6.07, 6.45) is 2.76. The number of hydrogen-bond donors (Lipinski definition) is 1. The summed E-state index contributed by atoms with van der Waals surface area (Å²) >= 11 is 0. The lowest BCUT2D eigenvalue weighted by molar-refractivity contribution is 0.149. The van der Waals surface area contributed by atoms with Crippen molar-refractivity contribution in [1.29, 1.82) is 0 Å². The molecule has 0 aliphatic heterocycles. The van der Waals surface area contributed by atoms with Crippen molar-refractivity contribution in [3.8, 4) is 0 Å². The van der Waals surface area contributed by atoms with Gasteiger partial charge in [-0.25, -0.2) is 0 Å². The van der Waals surface area contributed by atoms with Crippen LogP contribution in [0.2, 0.25) is 0 Å². The van der Waals surface area contributed by atoms with Crippen molar-refractivity contribution >= 4 is 0 Å². The Kier molecular flexibility index (Phi) is 5.58. The van der Waals surface area contributed by atoms with E-state index >= 15 is 0 Å². The Bertz CT molecular complexity index is 398. The minimum atomic E-state index is 0.326. The summed E-state index contributed by atoms with van der Waals surface area (Å²) in [4.78, 5) is 2.56. The van der Waals surface area contributed by atoms with Crippen LogP contribution in [-0.2, 0) is 11.3 Å². The first kappa shape index (κ1) is 15.5. The van der Waals surface area contributed by atoms with Gasteiger partial charge in [-0.1, -0.05) is 24.3 Å². The standard InChI is InChI=1S/C17H28N2O/c1-13(2)19(11-14-4-5-14)17(10-18)16-8-6-15(7-9-16)12-20-3/h6-9,13-14,17H,4-5,10-12,18H2,1-3H3. The molecule has 0 aromatic heterocycles. The summed E-state index contributed by atoms with van der Waals surface area (Å²) in [6.45, 7) is 7.06. The number of nitrogens with two attached hydrogens (primary N) is 1. The first-order valence-electron chi connectivity index (χ1n) is 7.69. The summed E-state index contributed by atoms with van der Waals surface area (Å²) < 4.78 is 5.17. The molecule has 1 saturated carbocycles. The maximum absolute atomic E-state index is 6.07. The molecule has 3 nitrogen and oxygen atoms in total. The van der Waals surface area contributed by atoms with Gasteiger partial charge in [-0.05, 0) is 43.7 Å². The molecule has 1 fully saturated rings. The van der Waals surface area contributed by atoms with E-state index in [9.17, 15) is 0 Å². The molecule has 3 heteroatoms. The quantitative estimate of drug-likeness (QED) is 0.793. The van der Waals surface area contributed by atoms with Crippen molar-refractivity contribution in [2.75, 3.05) is 20.2 Å². The van der Waals surface area contributed by atoms with Crippen molar-refractivity contribution in [3.05, 3.63) is 35.4 Å². The summed E-state index contributed by atoms with van der Waals surface area (Å²) in [6, 6.07) is 9.56. The number of nitrogens with zero attached hydrogens (tertiary/aromatic N) is 1. The summed E-state index contributed by atoms with van der Waals surface area (Å²) in [5.41, 5.74) is 8.60. The third-order valence-electron chi connectivity index (χ3n) is 4.13. The van der Waals surface area contributed by atoms with Crippen LogP contribution in [0.1, 0.15) is 43.9 Å². The average molecular weight is 276 g/mol. The van der Waals surface area contributed by atoms with Crippen molar-refractivity contribution < 1.29 is 4.74 Å². The van der Waals surface area contributed by atoms with Gasteiger partial charge in [-0.15, -0.1) is 0 Å². The lowest BCUT2D eigenvalue weighted by atomic mass is 10.0. The van der Waals surface area contributed by atoms with E-state index in [1.54, 1.807) is 7.11 Å². The molecular formula is C17H28N2O. The largest absolute Gasteiger partial charge is 0.380 e. The first-order valence-corrected chi connectivity index (χ1v) is 7.69. The molecule has 0 bridgehead atoms. The van der Waals surface area contributed by atoms with Crippen LogP contribution in [0, 0.1) is 5.92 Å². The number of benzene rings is 1. The minimum Gasteiger partial charge on any atom is -0.380 e. The second kappa shape index (κ2) is 7.21. The number of rotatable bonds is 8. The van der Waals surface area contributed by atoms with Gasteiger partial charge in [0.25, 0.3) is 0 Å². The molecule has 1 unspecified atom stereocenters. The van der Waals surface area contributed by atoms with Gasteiger partial charge in [-0.2, -0.15) is 0 Å². The average Bonchev–Trinajstić information content (AvgIpc) is 3.24. The Hall–Kier alpha value is -0.900. The van der Waals surface area contributed by atoms with Gasteiger partial charge < -0.3 is 10.5 Å². The fourth-order valence-electron chi connectivity index (χ4n) is 2.76. The van der Waals surface area contributed by atoms with Crippen LogP contribution in [0.5, 0.6) is 0 Å². The molecule has 0 saturated heterocycles. The number of methoxy groups -OCH3 is 1. The molecule has 0 radical (unpaired) electrons. The van der Waals surface area contributed by atoms with E-state index < -0.39 is 0 Å². The number of hydrogen-bond acceptors (Lipinski definition) is 3. The van der Waals surface area contributed by atoms with Crippen LogP contribution < -0.4 is 5.73 Å². The van der Waals surface area contributed by atoms with Gasteiger partial charge in [0, 0.05) is 32.3 Å². The van der Waals surface area contributed by atoms with Crippen LogP contribution in [0.15, 0.2) is 24.3 Å². The lowest BCUT2D eigenvalue weighted by Crippen LogP contribution is -2.40. The van der Waals surface area contributed by atoms with E-state index in [1.165, 1.54) is 30.5 Å². The highest BCUT2D eigenvalue weighted by molar-refractivity contribution is 5.25. The van der Waals surface area contributed by atoms with Crippen LogP contribution in [0.25, 0.3) is 0 Å². The van der Waals surface area contributed by atoms with Gasteiger partial charge in [0.15, 0.2) is 0 Å². The van der Waals surface area contributed by atoms with Crippen molar-refractivity contribution in [1.82, 2.24) is 4.90 Å². The van der Waals surface area contributed by atoms with E-state index in [0.29, 0.717) is 25.2 Å². The van der Waals surface area contributed by atoms with E-state index in [1.807, 2.05) is 0 Å². The van der Waals surface area contributed by atoms with Crippen molar-refractivity contribution in [2.45, 2.75) is 45.4 Å². The Morgan fingerprint density at radius 1 is 1.25 bits per heavy atom. The fourth-order valence-corrected chi connectivity index (χ4v) is 2.76. The highest BCUT2D eigenvalue weighted by atomic mass is 16.5. The second-order valence-corrected chi connectivity index (χ2v) is 6.16. The molecular weight excluding hydrogens is 248 g/mol. The monoisotopic (exact) mass is 276 g/mol. The third kappa shape index (κ3) is 4.05. The Morgan fingerprint density at radius 3 is 2.35 bits per heavy atom. The highest BCUT2D eigenvalue weighted by Crippen LogP contribution is 2.33. The molecule has 2 N–H and O–H groups in total. The topological polar surface area (TPSA) is 38.5 Å². The zero-order valence-corrected chi connectivity index (χ0v) is 13.0. The molecule has 0 spiro atoms. The number of ether oxygens (including phenoxy) is 1. The minimum absolute atomic E-state index is 0.326. The van der Waals surface area contributed by atoms with Crippen LogP contribution >= 0.6 is 0 Å². The molecule has 1 aromatic rings. The smallest absolute Gasteiger partial charge is 0.0713 e. The Labute approximate surface area is 123 Å². The van der Waals surface area contributed by atoms with Crippen LogP contribution in [-0.4, -0.2) is 31.1 Å². The van der Waals surface area contributed by atoms with Gasteiger partial charge in [0.2, 0.25) is 0 Å². The van der Waals surface area contributed by atoms with Gasteiger partial charge in [0.05, 0.1) is 6.61 Å². The molecule has 0 heterocycles. The first-order chi connectivity index (χ1) is 9.65. The Morgan fingerprint density at radius 2 is 1.90 bits per heavy atom. The molecule has 1 atom stereocenters. The molecule has 1 aliphatic carbocycles. The predicted molar refractivity (Wildman–Crippen MR) is 83.5 cm³/mol. The van der Waals surface area contributed by atoms with Crippen LogP contribution in [0.4, 0.5) is 0 Å². The highest BCUT2D eigenvalue weighted by Gasteiger charge is 2.29. The molecule has 1 aliphatic rings. The van der Waals surface area contributed by atoms with Gasteiger partial charge in [0.1, 0.15) is 0 Å². The normalized spacial score (nSPS) is 16.9. The predicted octanol–water partition coefficient (Wildman–Crippen LogP) is 2.95. The van der Waals surface area contributed by atoms with Crippen LogP contribution in [0.3, 0.4) is 0 Å². The second-order valence-electron chi connectivity index (χ2n) is 6.16. The SMILES string of the molecule is COCc1ccc(C(CN)N(CC2CC2)C(C)C)cc1. The molecule has 112 valence electrons. The zero-order valence-electron chi connectivity index (χ0n) is 13.0. The van der Waals surface area contributed by atoms with E-state index in [0.717, 1.165) is 5.92 Å². The zero-order chi connectivity index (χ0) is 14.5. The molecule has 0 amide bonds. The maximum atomic E-state index is 6.07. The van der Waals surface area contributed by atoms with E-state index in [4.69, 9.17) is 10.5 Å². The van der Waals surface area contributed by atoms with E-state index in [2.05, 4.69) is 43.0 Å². The summed E-state index contributed by atoms with van der Waals surface area (Å²) in [7, 11) is 1.73. The van der Waals surface area contributed by atoms with Crippen molar-refractivity contribution in [2.24, 2.45) is 11.7 Å². The summed E-state index contributed by atoms with van der Waals surface area (Å²) in [5.74, 6) is 0.888. The molecule has 1 aromatic carbocycles. The fraction of sp³-hybridized carbons (Fsp3) is 0.647. The Balaban J connectivity index is 2.11. The van der Waals surface area contributed by atoms with Gasteiger partial charge >= 0.3 is 0 Å².